The number of rotatable bonds is 2. The molecule has 2 amide bonds. The van der Waals surface area contributed by atoms with Crippen LogP contribution in [0.1, 0.15) is 35.9 Å². The van der Waals surface area contributed by atoms with Crippen LogP contribution in [0.15, 0.2) is 15.2 Å². The predicted octanol–water partition coefficient (Wildman–Crippen LogP) is 2.08. The largest absolute Gasteiger partial charge is 0.444 e. The van der Waals surface area contributed by atoms with E-state index in [4.69, 9.17) is 10.2 Å². The van der Waals surface area contributed by atoms with Crippen molar-refractivity contribution in [2.75, 3.05) is 6.54 Å². The normalized spacial score (nSPS) is 23.4. The Hall–Kier alpha value is -1.30. The van der Waals surface area contributed by atoms with Crippen LogP contribution in [0.2, 0.25) is 0 Å². The Labute approximate surface area is 120 Å². The molecule has 2 rings (SSSR count). The molecule has 2 heterocycles. The Morgan fingerprint density at radius 3 is 2.68 bits per heavy atom. The third kappa shape index (κ3) is 2.83. The molecule has 5 nitrogen and oxygen atoms in total. The number of furan rings is 1. The lowest BCUT2D eigenvalue weighted by atomic mass is 9.92. The number of hydrogen-bond donors (Lipinski definition) is 1. The lowest BCUT2D eigenvalue weighted by molar-refractivity contribution is -0.123. The van der Waals surface area contributed by atoms with E-state index >= 15 is 0 Å². The van der Waals surface area contributed by atoms with Gasteiger partial charge in [-0.1, -0.05) is 0 Å². The van der Waals surface area contributed by atoms with E-state index in [2.05, 4.69) is 15.9 Å². The van der Waals surface area contributed by atoms with Gasteiger partial charge in [0.1, 0.15) is 0 Å². The van der Waals surface area contributed by atoms with Gasteiger partial charge in [-0.2, -0.15) is 0 Å². The molecule has 0 aromatic carbocycles. The van der Waals surface area contributed by atoms with Gasteiger partial charge >= 0.3 is 0 Å². The van der Waals surface area contributed by atoms with Crippen LogP contribution in [-0.2, 0) is 4.79 Å². The van der Waals surface area contributed by atoms with Gasteiger partial charge in [0, 0.05) is 18.2 Å². The molecule has 0 aliphatic carbocycles. The first-order valence-corrected chi connectivity index (χ1v) is 7.05. The lowest BCUT2D eigenvalue weighted by Gasteiger charge is -2.36. The Bertz CT molecular complexity index is 512. The van der Waals surface area contributed by atoms with Crippen molar-refractivity contribution in [1.82, 2.24) is 4.90 Å². The smallest absolute Gasteiger partial charge is 0.290 e. The van der Waals surface area contributed by atoms with Gasteiger partial charge in [0.15, 0.2) is 10.4 Å². The van der Waals surface area contributed by atoms with E-state index in [0.29, 0.717) is 17.0 Å². The van der Waals surface area contributed by atoms with Crippen LogP contribution in [0.4, 0.5) is 0 Å². The standard InChI is InChI=1S/C13H17BrN2O3/c1-7-5-10(14)19-11(7)13(18)16-6-9(12(15)17)4-3-8(16)2/h5,8-9H,3-4,6H2,1-2H3,(H2,15,17)/t8-,9+/m0/s1. The summed E-state index contributed by atoms with van der Waals surface area (Å²) in [5.41, 5.74) is 6.12. The molecule has 0 spiro atoms. The molecule has 0 bridgehead atoms. The van der Waals surface area contributed by atoms with Gasteiger partial charge in [0.2, 0.25) is 5.91 Å². The molecule has 1 aromatic rings. The Balaban J connectivity index is 2.21. The fraction of sp³-hybridized carbons (Fsp3) is 0.538. The van der Waals surface area contributed by atoms with Gasteiger partial charge in [-0.15, -0.1) is 0 Å². The first kappa shape index (κ1) is 14.1. The Morgan fingerprint density at radius 1 is 1.47 bits per heavy atom. The number of piperidine rings is 1. The van der Waals surface area contributed by atoms with E-state index in [1.165, 1.54) is 0 Å². The van der Waals surface area contributed by atoms with Gasteiger partial charge < -0.3 is 15.1 Å². The molecule has 104 valence electrons. The molecule has 0 radical (unpaired) electrons. The quantitative estimate of drug-likeness (QED) is 0.902. The molecule has 19 heavy (non-hydrogen) atoms. The van der Waals surface area contributed by atoms with Crippen molar-refractivity contribution in [1.29, 1.82) is 0 Å². The highest BCUT2D eigenvalue weighted by molar-refractivity contribution is 9.10. The maximum atomic E-state index is 12.5. The van der Waals surface area contributed by atoms with Crippen molar-refractivity contribution < 1.29 is 14.0 Å². The summed E-state index contributed by atoms with van der Waals surface area (Å²) in [5.74, 6) is -0.466. The predicted molar refractivity (Wildman–Crippen MR) is 73.6 cm³/mol. The van der Waals surface area contributed by atoms with Gasteiger partial charge in [0.05, 0.1) is 5.92 Å². The summed E-state index contributed by atoms with van der Waals surface area (Å²) in [6.45, 7) is 4.16. The molecule has 2 N–H and O–H groups in total. The van der Waals surface area contributed by atoms with Crippen molar-refractivity contribution in [3.05, 3.63) is 22.1 Å². The number of aryl methyl sites for hydroxylation is 1. The molecule has 1 aromatic heterocycles. The second kappa shape index (κ2) is 5.36. The number of likely N-dealkylation sites (tertiary alicyclic amines) is 1. The Kier molecular flexibility index (Phi) is 3.99. The zero-order valence-electron chi connectivity index (χ0n) is 11.0. The van der Waals surface area contributed by atoms with Crippen molar-refractivity contribution in [2.45, 2.75) is 32.7 Å². The van der Waals surface area contributed by atoms with Gasteiger partial charge in [-0.25, -0.2) is 0 Å². The summed E-state index contributed by atoms with van der Waals surface area (Å²) in [5, 5.41) is 0. The third-order valence-corrected chi connectivity index (χ3v) is 4.02. The van der Waals surface area contributed by atoms with Gasteiger partial charge in [-0.3, -0.25) is 9.59 Å². The number of carbonyl (C=O) groups excluding carboxylic acids is 2. The number of amides is 2. The summed E-state index contributed by atoms with van der Waals surface area (Å²) in [7, 11) is 0. The minimum absolute atomic E-state index is 0.0892. The molecule has 1 fully saturated rings. The number of carbonyl (C=O) groups is 2. The van der Waals surface area contributed by atoms with Crippen LogP contribution in [0.3, 0.4) is 0 Å². The topological polar surface area (TPSA) is 76.5 Å². The van der Waals surface area contributed by atoms with Crippen molar-refractivity contribution in [2.24, 2.45) is 11.7 Å². The number of nitrogens with two attached hydrogens (primary N) is 1. The minimum Gasteiger partial charge on any atom is -0.444 e. The highest BCUT2D eigenvalue weighted by Gasteiger charge is 2.33. The summed E-state index contributed by atoms with van der Waals surface area (Å²) in [6, 6.07) is 1.85. The van der Waals surface area contributed by atoms with Crippen LogP contribution < -0.4 is 5.73 Å². The minimum atomic E-state index is -0.345. The summed E-state index contributed by atoms with van der Waals surface area (Å²) >= 11 is 3.21. The van der Waals surface area contributed by atoms with E-state index in [0.717, 1.165) is 18.4 Å². The molecule has 1 aliphatic heterocycles. The van der Waals surface area contributed by atoms with E-state index < -0.39 is 0 Å². The maximum Gasteiger partial charge on any atom is 0.290 e. The number of nitrogens with zero attached hydrogens (tertiary/aromatic N) is 1. The summed E-state index contributed by atoms with van der Waals surface area (Å²) in [6.07, 6.45) is 1.52. The maximum absolute atomic E-state index is 12.5. The SMILES string of the molecule is Cc1cc(Br)oc1C(=O)N1C[C@H](C(N)=O)CC[C@@H]1C. The average Bonchev–Trinajstić information content (AvgIpc) is 2.68. The second-order valence-electron chi connectivity index (χ2n) is 5.05. The average molecular weight is 329 g/mol. The molecule has 2 atom stereocenters. The monoisotopic (exact) mass is 328 g/mol. The second-order valence-corrected chi connectivity index (χ2v) is 5.83. The van der Waals surface area contributed by atoms with E-state index in [9.17, 15) is 9.59 Å². The number of hydrogen-bond acceptors (Lipinski definition) is 3. The fourth-order valence-electron chi connectivity index (χ4n) is 2.41. The molecule has 1 saturated heterocycles. The number of halogens is 1. The van der Waals surface area contributed by atoms with Gasteiger partial charge in [0.25, 0.3) is 5.91 Å². The zero-order chi connectivity index (χ0) is 14.2. The lowest BCUT2D eigenvalue weighted by Crippen LogP contribution is -2.48. The Morgan fingerprint density at radius 2 is 2.16 bits per heavy atom. The molecule has 1 aliphatic rings. The molecule has 0 unspecified atom stereocenters. The molecule has 0 saturated carbocycles. The molecular formula is C13H17BrN2O3. The fourth-order valence-corrected chi connectivity index (χ4v) is 2.91. The van der Waals surface area contributed by atoms with Crippen LogP contribution in [-0.4, -0.2) is 29.3 Å². The van der Waals surface area contributed by atoms with Crippen LogP contribution in [0, 0.1) is 12.8 Å². The van der Waals surface area contributed by atoms with Crippen LogP contribution in [0.5, 0.6) is 0 Å². The third-order valence-electron chi connectivity index (χ3n) is 3.63. The highest BCUT2D eigenvalue weighted by Crippen LogP contribution is 2.26. The van der Waals surface area contributed by atoms with Crippen LogP contribution >= 0.6 is 15.9 Å². The molecule has 6 heteroatoms. The van der Waals surface area contributed by atoms with Crippen molar-refractivity contribution >= 4 is 27.7 Å². The molecular weight excluding hydrogens is 312 g/mol. The number of primary amides is 1. The zero-order valence-corrected chi connectivity index (χ0v) is 12.6. The van der Waals surface area contributed by atoms with E-state index in [1.807, 2.05) is 13.8 Å². The summed E-state index contributed by atoms with van der Waals surface area (Å²) < 4.78 is 5.91. The van der Waals surface area contributed by atoms with Gasteiger partial charge in [-0.05, 0) is 48.7 Å². The van der Waals surface area contributed by atoms with Crippen molar-refractivity contribution in [3.63, 3.8) is 0 Å². The first-order valence-electron chi connectivity index (χ1n) is 6.26. The van der Waals surface area contributed by atoms with Crippen molar-refractivity contribution in [3.8, 4) is 0 Å². The van der Waals surface area contributed by atoms with E-state index in [-0.39, 0.29) is 23.8 Å². The highest BCUT2D eigenvalue weighted by atomic mass is 79.9. The summed E-state index contributed by atoms with van der Waals surface area (Å²) in [4.78, 5) is 25.4. The first-order chi connectivity index (χ1) is 8.90. The van der Waals surface area contributed by atoms with Crippen LogP contribution in [0.25, 0.3) is 0 Å². The van der Waals surface area contributed by atoms with E-state index in [1.54, 1.807) is 11.0 Å².